The number of nitrogens with zero attached hydrogens (tertiary/aromatic N) is 1. The first kappa shape index (κ1) is 15.1. The third-order valence-electron chi connectivity index (χ3n) is 5.99. The molecule has 5 heteroatoms. The van der Waals surface area contributed by atoms with Crippen molar-refractivity contribution in [1.82, 2.24) is 0 Å². The van der Waals surface area contributed by atoms with E-state index in [2.05, 4.69) is 14.1 Å². The van der Waals surface area contributed by atoms with Crippen molar-refractivity contribution in [3.63, 3.8) is 0 Å². The lowest BCUT2D eigenvalue weighted by atomic mass is 9.95. The maximum atomic E-state index is 12.5. The molecule has 2 bridgehead atoms. The van der Waals surface area contributed by atoms with Crippen molar-refractivity contribution < 1.29 is 23.9 Å². The van der Waals surface area contributed by atoms with Crippen LogP contribution < -0.4 is 0 Å². The molecule has 0 aromatic heterocycles. The molecule has 124 valence electrons. The number of aliphatic hydroxyl groups excluding tert-OH is 1. The molecule has 5 nitrogen and oxygen atoms in total. The summed E-state index contributed by atoms with van der Waals surface area (Å²) in [7, 11) is 4.51. The fraction of sp³-hybridized carbons (Fsp3) is 0.611. The third-order valence-corrected chi connectivity index (χ3v) is 5.99. The van der Waals surface area contributed by atoms with E-state index in [4.69, 9.17) is 9.47 Å². The topological polar surface area (TPSA) is 59.1 Å². The van der Waals surface area contributed by atoms with E-state index in [0.29, 0.717) is 24.3 Å². The summed E-state index contributed by atoms with van der Waals surface area (Å²) in [6.07, 6.45) is 2.34. The van der Waals surface area contributed by atoms with Gasteiger partial charge in [-0.05, 0) is 5.56 Å². The van der Waals surface area contributed by atoms with Crippen LogP contribution in [0.4, 0.5) is 0 Å². The molecule has 0 radical (unpaired) electrons. The van der Waals surface area contributed by atoms with E-state index in [1.165, 1.54) is 0 Å². The molecular weight excluding hydrogens is 294 g/mol. The van der Waals surface area contributed by atoms with E-state index in [9.17, 15) is 9.90 Å². The highest BCUT2D eigenvalue weighted by Crippen LogP contribution is 2.51. The molecule has 3 saturated heterocycles. The number of esters is 1. The Morgan fingerprint density at radius 3 is 2.43 bits per heavy atom. The zero-order chi connectivity index (χ0) is 16.2. The lowest BCUT2D eigenvalue weighted by Crippen LogP contribution is -2.60. The summed E-state index contributed by atoms with van der Waals surface area (Å²) in [6.45, 7) is -0.224. The number of rotatable bonds is 4. The minimum Gasteiger partial charge on any atom is -0.461 e. The summed E-state index contributed by atoms with van der Waals surface area (Å²) in [5, 5.41) is 9.60. The van der Waals surface area contributed by atoms with Gasteiger partial charge < -0.3 is 19.1 Å². The standard InChI is InChI=1S/C18H24NO4/c1-19(2)14-8-12(9-15(19)17-16(14)23-17)22-18(21)13(10-20)11-6-4-3-5-7-11/h3-7,12-17,20H,8-10H2,1-2H3/q+1/t12?,13-,14-,15+,16+,17+/m0/s1. The van der Waals surface area contributed by atoms with Gasteiger partial charge in [0.05, 0.1) is 20.7 Å². The van der Waals surface area contributed by atoms with E-state index >= 15 is 0 Å². The Balaban J connectivity index is 1.44. The number of likely N-dealkylation sites (N-methyl/N-ethyl adjacent to an activating group) is 1. The number of carbonyl (C=O) groups is 1. The van der Waals surface area contributed by atoms with Gasteiger partial charge in [0.25, 0.3) is 0 Å². The smallest absolute Gasteiger partial charge is 0.316 e. The first-order chi connectivity index (χ1) is 11.0. The zero-order valence-electron chi connectivity index (χ0n) is 13.6. The molecule has 3 aliphatic heterocycles. The molecule has 6 atom stereocenters. The van der Waals surface area contributed by atoms with Crippen LogP contribution in [0, 0.1) is 0 Å². The lowest BCUT2D eigenvalue weighted by molar-refractivity contribution is -0.938. The molecular formula is C18H24NO4+. The Bertz CT molecular complexity index is 582. The summed E-state index contributed by atoms with van der Waals surface area (Å²) in [6, 6.07) is 10.2. The van der Waals surface area contributed by atoms with Crippen molar-refractivity contribution in [2.24, 2.45) is 0 Å². The predicted octanol–water partition coefficient (Wildman–Crippen LogP) is 1.06. The SMILES string of the molecule is C[N+]1(C)[C@@H]2CC(OC(=O)[C@@H](CO)c3ccccc3)C[C@H]1[C@H]1O[C@@H]12. The van der Waals surface area contributed by atoms with Gasteiger partial charge in [-0.3, -0.25) is 4.79 Å². The van der Waals surface area contributed by atoms with E-state index < -0.39 is 5.92 Å². The molecule has 0 saturated carbocycles. The first-order valence-electron chi connectivity index (χ1n) is 8.37. The molecule has 0 amide bonds. The number of epoxide rings is 1. The molecule has 1 unspecified atom stereocenters. The van der Waals surface area contributed by atoms with Gasteiger partial charge in [-0.25, -0.2) is 0 Å². The molecule has 1 aromatic carbocycles. The number of ether oxygens (including phenoxy) is 2. The summed E-state index contributed by atoms with van der Waals surface area (Å²) >= 11 is 0. The predicted molar refractivity (Wildman–Crippen MR) is 83.7 cm³/mol. The lowest BCUT2D eigenvalue weighted by Gasteiger charge is -2.45. The van der Waals surface area contributed by atoms with Gasteiger partial charge in [-0.1, -0.05) is 30.3 Å². The van der Waals surface area contributed by atoms with Crippen LogP contribution in [0.5, 0.6) is 0 Å². The molecule has 23 heavy (non-hydrogen) atoms. The Morgan fingerprint density at radius 2 is 1.87 bits per heavy atom. The van der Waals surface area contributed by atoms with Crippen LogP contribution in [0.3, 0.4) is 0 Å². The molecule has 3 aliphatic rings. The van der Waals surface area contributed by atoms with E-state index in [1.54, 1.807) is 0 Å². The number of piperidine rings is 1. The number of morpholine rings is 1. The fourth-order valence-electron chi connectivity index (χ4n) is 4.55. The minimum atomic E-state index is -0.593. The van der Waals surface area contributed by atoms with Crippen molar-refractivity contribution in [1.29, 1.82) is 0 Å². The van der Waals surface area contributed by atoms with Crippen LogP contribution in [-0.4, -0.2) is 66.7 Å². The number of fused-ring (bicyclic) bond motifs is 5. The number of hydrogen-bond donors (Lipinski definition) is 1. The van der Waals surface area contributed by atoms with Crippen molar-refractivity contribution >= 4 is 5.97 Å². The Labute approximate surface area is 136 Å². The highest BCUT2D eigenvalue weighted by Gasteiger charge is 2.70. The van der Waals surface area contributed by atoms with Gasteiger partial charge in [-0.15, -0.1) is 0 Å². The van der Waals surface area contributed by atoms with E-state index in [-0.39, 0.29) is 18.7 Å². The molecule has 0 spiro atoms. The second-order valence-electron chi connectivity index (χ2n) is 7.51. The van der Waals surface area contributed by atoms with Gasteiger partial charge >= 0.3 is 5.97 Å². The van der Waals surface area contributed by atoms with E-state index in [0.717, 1.165) is 22.9 Å². The number of carbonyl (C=O) groups excluding carboxylic acids is 1. The first-order valence-corrected chi connectivity index (χ1v) is 8.37. The summed E-state index contributed by atoms with van der Waals surface area (Å²) < 4.78 is 12.5. The Kier molecular flexibility index (Phi) is 3.48. The number of aliphatic hydroxyl groups is 1. The van der Waals surface area contributed by atoms with Crippen molar-refractivity contribution in [2.45, 2.75) is 49.2 Å². The summed E-state index contributed by atoms with van der Waals surface area (Å²) in [5.41, 5.74) is 0.807. The number of hydrogen-bond acceptors (Lipinski definition) is 4. The van der Waals surface area contributed by atoms with Crippen LogP contribution in [0.15, 0.2) is 30.3 Å². The van der Waals surface area contributed by atoms with Crippen molar-refractivity contribution in [3.05, 3.63) is 35.9 Å². The monoisotopic (exact) mass is 318 g/mol. The second kappa shape index (κ2) is 5.30. The fourth-order valence-corrected chi connectivity index (χ4v) is 4.55. The molecule has 3 heterocycles. The summed E-state index contributed by atoms with van der Waals surface area (Å²) in [5.74, 6) is -0.908. The van der Waals surface area contributed by atoms with Crippen LogP contribution in [0.2, 0.25) is 0 Å². The Hall–Kier alpha value is -1.43. The Morgan fingerprint density at radius 1 is 1.26 bits per heavy atom. The van der Waals surface area contributed by atoms with Crippen LogP contribution in [0.25, 0.3) is 0 Å². The van der Waals surface area contributed by atoms with Gasteiger partial charge in [0, 0.05) is 12.8 Å². The van der Waals surface area contributed by atoms with Gasteiger partial charge in [0.15, 0.2) is 0 Å². The van der Waals surface area contributed by atoms with Gasteiger partial charge in [0.1, 0.15) is 36.3 Å². The van der Waals surface area contributed by atoms with E-state index in [1.807, 2.05) is 30.3 Å². The largest absolute Gasteiger partial charge is 0.461 e. The third kappa shape index (κ3) is 2.38. The molecule has 3 fully saturated rings. The van der Waals surface area contributed by atoms with Gasteiger partial charge in [-0.2, -0.15) is 0 Å². The average Bonchev–Trinajstić information content (AvgIpc) is 3.27. The quantitative estimate of drug-likeness (QED) is 0.512. The van der Waals surface area contributed by atoms with Crippen molar-refractivity contribution in [3.8, 4) is 0 Å². The summed E-state index contributed by atoms with van der Waals surface area (Å²) in [4.78, 5) is 12.5. The average molecular weight is 318 g/mol. The molecule has 4 rings (SSSR count). The zero-order valence-corrected chi connectivity index (χ0v) is 13.6. The maximum absolute atomic E-state index is 12.5. The minimum absolute atomic E-state index is 0.0576. The van der Waals surface area contributed by atoms with Crippen LogP contribution >= 0.6 is 0 Å². The second-order valence-corrected chi connectivity index (χ2v) is 7.51. The highest BCUT2D eigenvalue weighted by atomic mass is 16.6. The number of benzene rings is 1. The molecule has 0 aliphatic carbocycles. The highest BCUT2D eigenvalue weighted by molar-refractivity contribution is 5.78. The van der Waals surface area contributed by atoms with Crippen molar-refractivity contribution in [2.75, 3.05) is 20.7 Å². The van der Waals surface area contributed by atoms with Crippen LogP contribution in [0.1, 0.15) is 24.3 Å². The van der Waals surface area contributed by atoms with Gasteiger partial charge in [0.2, 0.25) is 0 Å². The molecule has 1 N–H and O–H groups in total. The molecule has 1 aromatic rings. The maximum Gasteiger partial charge on any atom is 0.316 e. The number of quaternary nitrogens is 1. The van der Waals surface area contributed by atoms with Crippen LogP contribution in [-0.2, 0) is 14.3 Å². The normalized spacial score (nSPS) is 37.8.